The molecule has 2 aliphatic rings. The molecular weight excluding hydrogens is 398 g/mol. The lowest BCUT2D eigenvalue weighted by molar-refractivity contribution is 0.461. The molecule has 0 amide bonds. The molecule has 164 valence electrons. The number of nitrogens with two attached hydrogens (primary N) is 1. The third kappa shape index (κ3) is 3.87. The molecule has 6 rings (SSSR count). The van der Waals surface area contributed by atoms with Gasteiger partial charge in [-0.2, -0.15) is 0 Å². The zero-order chi connectivity index (χ0) is 21.5. The minimum atomic E-state index is 0.497. The van der Waals surface area contributed by atoms with E-state index < -0.39 is 0 Å². The van der Waals surface area contributed by atoms with Crippen LogP contribution in [0, 0.1) is 11.8 Å². The minimum absolute atomic E-state index is 0.497. The number of anilines is 2. The van der Waals surface area contributed by atoms with Crippen molar-refractivity contribution in [1.29, 1.82) is 0 Å². The normalized spacial score (nSPS) is 20.9. The van der Waals surface area contributed by atoms with Crippen molar-refractivity contribution in [2.75, 3.05) is 17.6 Å². The van der Waals surface area contributed by atoms with Crippen LogP contribution in [-0.2, 0) is 6.42 Å². The fraction of sp³-hybridized carbons (Fsp3) is 0.440. The highest BCUT2D eigenvalue weighted by molar-refractivity contribution is 5.86. The van der Waals surface area contributed by atoms with Crippen LogP contribution in [0.15, 0.2) is 43.0 Å². The topological polar surface area (TPSA) is 94.5 Å². The molecule has 0 unspecified atom stereocenters. The van der Waals surface area contributed by atoms with Gasteiger partial charge >= 0.3 is 0 Å². The van der Waals surface area contributed by atoms with Gasteiger partial charge in [-0.05, 0) is 74.5 Å². The molecule has 0 radical (unpaired) electrons. The largest absolute Gasteiger partial charge is 0.383 e. The van der Waals surface area contributed by atoms with Crippen molar-refractivity contribution < 1.29 is 0 Å². The molecule has 2 fully saturated rings. The number of aromatic nitrogens is 5. The Bertz CT molecular complexity index is 1260. The van der Waals surface area contributed by atoms with Gasteiger partial charge in [0.1, 0.15) is 17.8 Å². The summed E-state index contributed by atoms with van der Waals surface area (Å²) in [5, 5.41) is 5.45. The average molecular weight is 428 g/mol. The molecule has 2 saturated carbocycles. The van der Waals surface area contributed by atoms with Crippen LogP contribution in [0.3, 0.4) is 0 Å². The van der Waals surface area contributed by atoms with Gasteiger partial charge in [-0.15, -0.1) is 0 Å². The summed E-state index contributed by atoms with van der Waals surface area (Å²) in [6.45, 7) is 0.989. The SMILES string of the molecule is Nc1ncnc2c1ccn2[C@H]1CC[C@@H](CCc2ccc3cnc(NCC4CC4)nc3c2)C1. The highest BCUT2D eigenvalue weighted by atomic mass is 15.1. The second kappa shape index (κ2) is 8.04. The van der Waals surface area contributed by atoms with Gasteiger partial charge in [-0.1, -0.05) is 12.1 Å². The molecule has 2 atom stereocenters. The van der Waals surface area contributed by atoms with Crippen LogP contribution in [0.5, 0.6) is 0 Å². The van der Waals surface area contributed by atoms with Crippen molar-refractivity contribution in [3.63, 3.8) is 0 Å². The Morgan fingerprint density at radius 1 is 1.03 bits per heavy atom. The van der Waals surface area contributed by atoms with Crippen molar-refractivity contribution in [2.24, 2.45) is 11.8 Å². The monoisotopic (exact) mass is 427 g/mol. The Kier molecular flexibility index (Phi) is 4.89. The van der Waals surface area contributed by atoms with Crippen molar-refractivity contribution >= 4 is 33.7 Å². The number of hydrogen-bond donors (Lipinski definition) is 2. The molecule has 0 spiro atoms. The highest BCUT2D eigenvalue weighted by Gasteiger charge is 2.27. The van der Waals surface area contributed by atoms with Crippen molar-refractivity contribution in [3.8, 4) is 0 Å². The van der Waals surface area contributed by atoms with Crippen LogP contribution in [0.2, 0.25) is 0 Å². The number of aryl methyl sites for hydroxylation is 1. The highest BCUT2D eigenvalue weighted by Crippen LogP contribution is 2.39. The van der Waals surface area contributed by atoms with Gasteiger partial charge in [0.2, 0.25) is 5.95 Å². The van der Waals surface area contributed by atoms with E-state index in [-0.39, 0.29) is 0 Å². The molecule has 3 N–H and O–H groups in total. The first-order valence-electron chi connectivity index (χ1n) is 11.8. The van der Waals surface area contributed by atoms with E-state index in [0.717, 1.165) is 52.7 Å². The van der Waals surface area contributed by atoms with Crippen molar-refractivity contribution in [1.82, 2.24) is 24.5 Å². The smallest absolute Gasteiger partial charge is 0.223 e. The maximum absolute atomic E-state index is 6.01. The van der Waals surface area contributed by atoms with E-state index >= 15 is 0 Å². The summed E-state index contributed by atoms with van der Waals surface area (Å²) in [7, 11) is 0. The van der Waals surface area contributed by atoms with Gasteiger partial charge in [0, 0.05) is 30.4 Å². The lowest BCUT2D eigenvalue weighted by atomic mass is 9.97. The lowest BCUT2D eigenvalue weighted by Crippen LogP contribution is -2.07. The van der Waals surface area contributed by atoms with E-state index in [0.29, 0.717) is 11.9 Å². The van der Waals surface area contributed by atoms with Gasteiger partial charge in [0.25, 0.3) is 0 Å². The standard InChI is InChI=1S/C25H29N7/c26-23-21-9-10-32(24(21)30-15-29-23)20-8-6-16(11-20)1-2-17-5-7-19-14-28-25(31-22(19)12-17)27-13-18-3-4-18/h5,7,9-10,12,14-16,18,20H,1-4,6,8,11,13H2,(H2,26,29,30)(H,27,28,31)/t16-,20+/m1/s1. The predicted octanol–water partition coefficient (Wildman–Crippen LogP) is 4.75. The third-order valence-electron chi connectivity index (χ3n) is 7.18. The van der Waals surface area contributed by atoms with E-state index in [2.05, 4.69) is 49.2 Å². The Hall–Kier alpha value is -3.22. The summed E-state index contributed by atoms with van der Waals surface area (Å²) >= 11 is 0. The maximum Gasteiger partial charge on any atom is 0.223 e. The molecular formula is C25H29N7. The fourth-order valence-corrected chi connectivity index (χ4v) is 5.09. The number of benzene rings is 1. The molecule has 0 aliphatic heterocycles. The van der Waals surface area contributed by atoms with Crippen LogP contribution in [0.4, 0.5) is 11.8 Å². The van der Waals surface area contributed by atoms with Crippen LogP contribution in [-0.4, -0.2) is 31.0 Å². The van der Waals surface area contributed by atoms with E-state index in [1.54, 1.807) is 6.33 Å². The fourth-order valence-electron chi connectivity index (χ4n) is 5.09. The number of hydrogen-bond acceptors (Lipinski definition) is 6. The predicted molar refractivity (Wildman–Crippen MR) is 127 cm³/mol. The summed E-state index contributed by atoms with van der Waals surface area (Å²) in [5.74, 6) is 2.86. The summed E-state index contributed by atoms with van der Waals surface area (Å²) in [6, 6.07) is 9.17. The Morgan fingerprint density at radius 3 is 2.84 bits per heavy atom. The van der Waals surface area contributed by atoms with Crippen molar-refractivity contribution in [3.05, 3.63) is 48.5 Å². The summed E-state index contributed by atoms with van der Waals surface area (Å²) in [6.07, 6.45) is 14.2. The molecule has 7 nitrogen and oxygen atoms in total. The summed E-state index contributed by atoms with van der Waals surface area (Å²) < 4.78 is 2.30. The molecule has 0 saturated heterocycles. The zero-order valence-corrected chi connectivity index (χ0v) is 18.2. The Morgan fingerprint density at radius 2 is 1.94 bits per heavy atom. The molecule has 0 bridgehead atoms. The Balaban J connectivity index is 1.10. The molecule has 3 aromatic heterocycles. The number of nitrogen functional groups attached to an aromatic ring is 1. The van der Waals surface area contributed by atoms with E-state index in [9.17, 15) is 0 Å². The third-order valence-corrected chi connectivity index (χ3v) is 7.18. The summed E-state index contributed by atoms with van der Waals surface area (Å²) in [5.41, 5.74) is 9.37. The molecule has 7 heteroatoms. The quantitative estimate of drug-likeness (QED) is 0.442. The van der Waals surface area contributed by atoms with Gasteiger partial charge < -0.3 is 15.6 Å². The van der Waals surface area contributed by atoms with Gasteiger partial charge in [-0.3, -0.25) is 0 Å². The maximum atomic E-state index is 6.01. The number of nitrogens with zero attached hydrogens (tertiary/aromatic N) is 5. The summed E-state index contributed by atoms with van der Waals surface area (Å²) in [4.78, 5) is 17.8. The van der Waals surface area contributed by atoms with Crippen molar-refractivity contribution in [2.45, 2.75) is 51.0 Å². The van der Waals surface area contributed by atoms with Crippen LogP contribution in [0.1, 0.15) is 50.1 Å². The molecule has 2 aliphatic carbocycles. The number of rotatable bonds is 7. The van der Waals surface area contributed by atoms with E-state index in [1.165, 1.54) is 44.1 Å². The Labute approximate surface area is 187 Å². The van der Waals surface area contributed by atoms with Gasteiger partial charge in [0.05, 0.1) is 10.9 Å². The number of fused-ring (bicyclic) bond motifs is 2. The second-order valence-electron chi connectivity index (χ2n) is 9.50. The minimum Gasteiger partial charge on any atom is -0.383 e. The molecule has 1 aromatic carbocycles. The zero-order valence-electron chi connectivity index (χ0n) is 18.2. The molecule has 4 aromatic rings. The molecule has 3 heterocycles. The van der Waals surface area contributed by atoms with Gasteiger partial charge in [-0.25, -0.2) is 19.9 Å². The van der Waals surface area contributed by atoms with Crippen LogP contribution in [0.25, 0.3) is 21.9 Å². The van der Waals surface area contributed by atoms with Crippen LogP contribution < -0.4 is 11.1 Å². The average Bonchev–Trinajstić information content (AvgIpc) is 3.34. The first kappa shape index (κ1) is 19.5. The first-order valence-corrected chi connectivity index (χ1v) is 11.8. The van der Waals surface area contributed by atoms with Gasteiger partial charge in [0.15, 0.2) is 0 Å². The van der Waals surface area contributed by atoms with E-state index in [1.807, 2.05) is 12.3 Å². The lowest BCUT2D eigenvalue weighted by Gasteiger charge is -2.14. The molecule has 32 heavy (non-hydrogen) atoms. The number of nitrogens with one attached hydrogen (secondary N) is 1. The second-order valence-corrected chi connectivity index (χ2v) is 9.50. The van der Waals surface area contributed by atoms with Crippen LogP contribution >= 0.6 is 0 Å². The first-order chi connectivity index (χ1) is 15.7. The van der Waals surface area contributed by atoms with E-state index in [4.69, 9.17) is 10.7 Å².